The Balaban J connectivity index is 1.74. The second-order valence-corrected chi connectivity index (χ2v) is 10.4. The highest BCUT2D eigenvalue weighted by Crippen LogP contribution is 2.46. The number of ketones is 1. The minimum atomic E-state index is -0.642. The minimum absolute atomic E-state index is 0.0222. The number of benzene rings is 3. The predicted octanol–water partition coefficient (Wildman–Crippen LogP) is 7.54. The summed E-state index contributed by atoms with van der Waals surface area (Å²) in [5, 5.41) is 16.0. The molecule has 1 aliphatic rings. The molecule has 7 heteroatoms. The summed E-state index contributed by atoms with van der Waals surface area (Å²) in [4.78, 5) is 13.9. The second-order valence-electron chi connectivity index (χ2n) is 8.75. The van der Waals surface area contributed by atoms with E-state index >= 15 is 0 Å². The lowest BCUT2D eigenvalue weighted by Gasteiger charge is -2.45. The van der Waals surface area contributed by atoms with E-state index in [0.717, 1.165) is 17.7 Å². The van der Waals surface area contributed by atoms with Gasteiger partial charge in [0.25, 0.3) is 0 Å². The van der Waals surface area contributed by atoms with Crippen molar-refractivity contribution in [2.75, 3.05) is 13.1 Å². The van der Waals surface area contributed by atoms with Gasteiger partial charge in [-0.15, -0.1) is 0 Å². The first-order valence-electron chi connectivity index (χ1n) is 11.2. The van der Waals surface area contributed by atoms with E-state index < -0.39 is 17.4 Å². The molecular formula is C27H25Cl4NO2. The third-order valence-electron chi connectivity index (χ3n) is 6.83. The Morgan fingerprint density at radius 1 is 0.941 bits per heavy atom. The molecule has 0 spiro atoms. The van der Waals surface area contributed by atoms with E-state index in [1.54, 1.807) is 24.3 Å². The van der Waals surface area contributed by atoms with Gasteiger partial charge >= 0.3 is 0 Å². The van der Waals surface area contributed by atoms with Gasteiger partial charge in [-0.2, -0.15) is 0 Å². The van der Waals surface area contributed by atoms with Gasteiger partial charge in [0.05, 0.1) is 26.2 Å². The third-order valence-corrected chi connectivity index (χ3v) is 8.30. The average Bonchev–Trinajstić information content (AvgIpc) is 2.86. The Morgan fingerprint density at radius 3 is 2.29 bits per heavy atom. The van der Waals surface area contributed by atoms with Crippen LogP contribution < -0.4 is 5.32 Å². The Morgan fingerprint density at radius 2 is 1.62 bits per heavy atom. The van der Waals surface area contributed by atoms with Crippen molar-refractivity contribution in [3.8, 4) is 0 Å². The number of hydrogen-bond donors (Lipinski definition) is 2. The quantitative estimate of drug-likeness (QED) is 0.306. The first-order valence-corrected chi connectivity index (χ1v) is 12.7. The summed E-state index contributed by atoms with van der Waals surface area (Å²) in [6.45, 7) is 1.24. The molecule has 0 radical (unpaired) electrons. The molecule has 1 saturated heterocycles. The molecule has 34 heavy (non-hydrogen) atoms. The SMILES string of the molecule is O=C(c1ccc(Cl)c(Cl)c1)C1CNCCC1(CCC(O)c1ccccc1)c1ccc(Cl)c(Cl)c1. The van der Waals surface area contributed by atoms with Gasteiger partial charge in [0, 0.05) is 23.4 Å². The highest BCUT2D eigenvalue weighted by atomic mass is 35.5. The van der Waals surface area contributed by atoms with Crippen molar-refractivity contribution in [3.05, 3.63) is 104 Å². The zero-order valence-electron chi connectivity index (χ0n) is 18.4. The van der Waals surface area contributed by atoms with Gasteiger partial charge in [-0.25, -0.2) is 0 Å². The first kappa shape index (κ1) is 25.5. The molecule has 3 aromatic carbocycles. The number of halogens is 4. The summed E-state index contributed by atoms with van der Waals surface area (Å²) in [5.41, 5.74) is 1.77. The average molecular weight is 537 g/mol. The van der Waals surface area contributed by atoms with Gasteiger partial charge in [-0.1, -0.05) is 82.8 Å². The molecular weight excluding hydrogens is 512 g/mol. The van der Waals surface area contributed by atoms with Gasteiger partial charge in [-0.3, -0.25) is 4.79 Å². The number of carbonyl (C=O) groups is 1. The Bertz CT molecular complexity index is 1170. The van der Waals surface area contributed by atoms with E-state index in [2.05, 4.69) is 5.32 Å². The van der Waals surface area contributed by atoms with E-state index in [0.29, 0.717) is 51.5 Å². The summed E-state index contributed by atoms with van der Waals surface area (Å²) >= 11 is 25.0. The maximum atomic E-state index is 13.9. The normalized spacial score (nSPS) is 21.3. The number of aliphatic hydroxyl groups excluding tert-OH is 1. The van der Waals surface area contributed by atoms with Crippen molar-refractivity contribution in [3.63, 3.8) is 0 Å². The Labute approximate surface area is 220 Å². The number of piperidine rings is 1. The number of Topliss-reactive ketones (excluding diaryl/α,β-unsaturated/α-hetero) is 1. The Kier molecular flexibility index (Phi) is 8.24. The van der Waals surface area contributed by atoms with Gasteiger partial charge in [0.1, 0.15) is 0 Å². The lowest BCUT2D eigenvalue weighted by molar-refractivity contribution is 0.0737. The highest BCUT2D eigenvalue weighted by molar-refractivity contribution is 6.42. The van der Waals surface area contributed by atoms with Crippen molar-refractivity contribution in [2.45, 2.75) is 30.8 Å². The predicted molar refractivity (Wildman–Crippen MR) is 141 cm³/mol. The molecule has 2 N–H and O–H groups in total. The summed E-state index contributed by atoms with van der Waals surface area (Å²) in [5.74, 6) is -0.412. The van der Waals surface area contributed by atoms with Crippen molar-refractivity contribution < 1.29 is 9.90 Å². The molecule has 1 aliphatic heterocycles. The van der Waals surface area contributed by atoms with Crippen LogP contribution in [0.25, 0.3) is 0 Å². The second kappa shape index (κ2) is 11.0. The number of hydrogen-bond acceptors (Lipinski definition) is 3. The molecule has 3 unspecified atom stereocenters. The van der Waals surface area contributed by atoms with E-state index in [4.69, 9.17) is 46.4 Å². The topological polar surface area (TPSA) is 49.3 Å². The maximum Gasteiger partial charge on any atom is 0.168 e. The van der Waals surface area contributed by atoms with Gasteiger partial charge in [-0.05, 0) is 67.3 Å². The lowest BCUT2D eigenvalue weighted by Crippen LogP contribution is -2.51. The molecule has 3 atom stereocenters. The fourth-order valence-electron chi connectivity index (χ4n) is 4.95. The fraction of sp³-hybridized carbons (Fsp3) is 0.296. The number of nitrogens with one attached hydrogen (secondary N) is 1. The van der Waals surface area contributed by atoms with Crippen LogP contribution in [0, 0.1) is 5.92 Å². The molecule has 3 nitrogen and oxygen atoms in total. The molecule has 1 heterocycles. The van der Waals surface area contributed by atoms with Gasteiger partial charge in [0.15, 0.2) is 5.78 Å². The fourth-order valence-corrected chi connectivity index (χ4v) is 5.55. The van der Waals surface area contributed by atoms with Crippen molar-refractivity contribution in [2.24, 2.45) is 5.92 Å². The van der Waals surface area contributed by atoms with Crippen LogP contribution in [-0.4, -0.2) is 24.0 Å². The standard InChI is InChI=1S/C27H25Cl4NO2/c28-21-8-6-18(14-23(21)30)26(34)20-16-32-13-12-27(20,19-7-9-22(29)24(31)15-19)11-10-25(33)17-4-2-1-3-5-17/h1-9,14-15,20,25,32-33H,10-13,16H2. The van der Waals surface area contributed by atoms with Crippen LogP contribution in [0.4, 0.5) is 0 Å². The smallest absolute Gasteiger partial charge is 0.168 e. The van der Waals surface area contributed by atoms with E-state index in [9.17, 15) is 9.90 Å². The van der Waals surface area contributed by atoms with Crippen molar-refractivity contribution >= 4 is 52.2 Å². The molecule has 0 bridgehead atoms. The Hall–Kier alpha value is -1.59. The van der Waals surface area contributed by atoms with Crippen LogP contribution in [0.3, 0.4) is 0 Å². The zero-order chi connectivity index (χ0) is 24.3. The summed E-state index contributed by atoms with van der Waals surface area (Å²) in [6, 6.07) is 20.1. The van der Waals surface area contributed by atoms with Gasteiger partial charge in [0.2, 0.25) is 0 Å². The number of aliphatic hydroxyl groups is 1. The van der Waals surface area contributed by atoms with Crippen molar-refractivity contribution in [1.29, 1.82) is 0 Å². The van der Waals surface area contributed by atoms with Crippen LogP contribution in [0.5, 0.6) is 0 Å². The molecule has 1 fully saturated rings. The first-order chi connectivity index (χ1) is 16.3. The van der Waals surface area contributed by atoms with Gasteiger partial charge < -0.3 is 10.4 Å². The molecule has 178 valence electrons. The molecule has 3 aromatic rings. The van der Waals surface area contributed by atoms with Crippen LogP contribution in [-0.2, 0) is 5.41 Å². The highest BCUT2D eigenvalue weighted by Gasteiger charge is 2.46. The molecule has 4 rings (SSSR count). The summed E-state index contributed by atoms with van der Waals surface area (Å²) in [7, 11) is 0. The monoisotopic (exact) mass is 535 g/mol. The molecule has 0 saturated carbocycles. The van der Waals surface area contributed by atoms with Crippen LogP contribution in [0.15, 0.2) is 66.7 Å². The largest absolute Gasteiger partial charge is 0.388 e. The summed E-state index contributed by atoms with van der Waals surface area (Å²) < 4.78 is 0. The maximum absolute atomic E-state index is 13.9. The van der Waals surface area contributed by atoms with Crippen LogP contribution in [0.2, 0.25) is 20.1 Å². The molecule has 0 aliphatic carbocycles. The minimum Gasteiger partial charge on any atom is -0.388 e. The van der Waals surface area contributed by atoms with Crippen LogP contribution in [0.1, 0.15) is 46.9 Å². The number of carbonyl (C=O) groups excluding carboxylic acids is 1. The summed E-state index contributed by atoms with van der Waals surface area (Å²) in [6.07, 6.45) is 1.16. The van der Waals surface area contributed by atoms with E-state index in [1.165, 1.54) is 0 Å². The van der Waals surface area contributed by atoms with E-state index in [1.807, 2.05) is 42.5 Å². The lowest BCUT2D eigenvalue weighted by atomic mass is 9.61. The van der Waals surface area contributed by atoms with Crippen molar-refractivity contribution in [1.82, 2.24) is 5.32 Å². The number of rotatable bonds is 7. The zero-order valence-corrected chi connectivity index (χ0v) is 21.4. The molecule has 0 aromatic heterocycles. The van der Waals surface area contributed by atoms with Crippen LogP contribution >= 0.6 is 46.4 Å². The third kappa shape index (κ3) is 5.31. The molecule has 0 amide bonds. The van der Waals surface area contributed by atoms with E-state index in [-0.39, 0.29) is 5.78 Å².